The summed E-state index contributed by atoms with van der Waals surface area (Å²) in [6.07, 6.45) is -0.953. The molecule has 0 bridgehead atoms. The highest BCUT2D eigenvalue weighted by Crippen LogP contribution is 2.33. The lowest BCUT2D eigenvalue weighted by Crippen LogP contribution is -2.28. The second-order valence-corrected chi connectivity index (χ2v) is 9.50. The van der Waals surface area contributed by atoms with Crippen molar-refractivity contribution >= 4 is 68.9 Å². The number of amides is 1. The van der Waals surface area contributed by atoms with Crippen LogP contribution in [0.1, 0.15) is 41.5 Å². The Morgan fingerprint density at radius 3 is 1.97 bits per heavy atom. The molecule has 0 saturated carbocycles. The normalized spacial score (nSPS) is 11.2. The molecule has 32 heavy (non-hydrogen) atoms. The Morgan fingerprint density at radius 2 is 1.50 bits per heavy atom. The molecule has 2 rings (SSSR count). The number of hydrogen-bond donors (Lipinski definition) is 2. The highest BCUT2D eigenvalue weighted by atomic mass is 127. The summed E-state index contributed by atoms with van der Waals surface area (Å²) < 4.78 is 66.6. The minimum Gasteiger partial charge on any atom is -0.477 e. The molecule has 1 amide bonds. The lowest BCUT2D eigenvalue weighted by atomic mass is 10.1. The van der Waals surface area contributed by atoms with Crippen LogP contribution in [0.2, 0.25) is 0 Å². The van der Waals surface area contributed by atoms with Gasteiger partial charge in [-0.05, 0) is 78.1 Å². The van der Waals surface area contributed by atoms with Gasteiger partial charge in [0, 0.05) is 7.14 Å². The number of ether oxygens (including phenoxy) is 2. The largest absolute Gasteiger partial charge is 0.477 e. The summed E-state index contributed by atoms with van der Waals surface area (Å²) in [7, 11) is 0. The maximum Gasteiger partial charge on any atom is 0.412 e. The first-order valence-corrected chi connectivity index (χ1v) is 10.6. The number of rotatable bonds is 4. The molecule has 0 aromatic heterocycles. The van der Waals surface area contributed by atoms with E-state index in [4.69, 9.17) is 9.84 Å². The van der Waals surface area contributed by atoms with E-state index in [0.717, 1.165) is 0 Å². The Bertz CT molecular complexity index is 1110. The topological polar surface area (TPSA) is 102 Å². The summed E-state index contributed by atoms with van der Waals surface area (Å²) in [6, 6.07) is 2.73. The van der Waals surface area contributed by atoms with Crippen molar-refractivity contribution in [2.45, 2.75) is 26.4 Å². The molecule has 0 radical (unpaired) electrons. The average molecular weight is 681 g/mol. The standard InChI is InChI=1S/C19H13F4I2NO6/c1-19(2,3)32-18(30)26-14-7(4-6(24)5-8(14)25)17(29)31-15-12(22)10(20)9(16(27)28)11(21)13(15)23/h4-5H,1-3H3,(H,26,30)(H,27,28). The Morgan fingerprint density at radius 1 is 0.969 bits per heavy atom. The number of nitrogens with one attached hydrogen (secondary N) is 1. The van der Waals surface area contributed by atoms with Gasteiger partial charge in [-0.3, -0.25) is 5.32 Å². The van der Waals surface area contributed by atoms with Gasteiger partial charge in [0.25, 0.3) is 0 Å². The van der Waals surface area contributed by atoms with E-state index in [2.05, 4.69) is 10.1 Å². The molecular weight excluding hydrogens is 668 g/mol. The van der Waals surface area contributed by atoms with Gasteiger partial charge in [0.15, 0.2) is 11.6 Å². The second-order valence-electron chi connectivity index (χ2n) is 7.09. The van der Waals surface area contributed by atoms with Gasteiger partial charge in [0.05, 0.1) is 11.3 Å². The highest BCUT2D eigenvalue weighted by Gasteiger charge is 2.32. The number of benzene rings is 2. The van der Waals surface area contributed by atoms with Crippen molar-refractivity contribution in [2.75, 3.05) is 5.32 Å². The molecule has 0 atom stereocenters. The molecule has 2 aromatic rings. The molecule has 0 spiro atoms. The molecule has 0 heterocycles. The number of carboxylic acids is 1. The molecule has 2 aromatic carbocycles. The molecule has 172 valence electrons. The zero-order chi connectivity index (χ0) is 24.5. The number of hydrogen-bond acceptors (Lipinski definition) is 5. The van der Waals surface area contributed by atoms with Crippen molar-refractivity contribution in [1.29, 1.82) is 0 Å². The van der Waals surface area contributed by atoms with Crippen LogP contribution in [0, 0.1) is 30.4 Å². The van der Waals surface area contributed by atoms with E-state index in [-0.39, 0.29) is 5.69 Å². The lowest BCUT2D eigenvalue weighted by Gasteiger charge is -2.21. The van der Waals surface area contributed by atoms with Crippen LogP contribution in [-0.4, -0.2) is 28.7 Å². The number of carbonyl (C=O) groups is 3. The minimum atomic E-state index is -2.26. The number of aromatic carboxylic acids is 1. The molecular formula is C19H13F4I2NO6. The van der Waals surface area contributed by atoms with Gasteiger partial charge in [-0.15, -0.1) is 0 Å². The van der Waals surface area contributed by atoms with Crippen molar-refractivity contribution in [3.63, 3.8) is 0 Å². The van der Waals surface area contributed by atoms with Gasteiger partial charge in [0.2, 0.25) is 17.4 Å². The third-order valence-corrected chi connectivity index (χ3v) is 5.01. The minimum absolute atomic E-state index is 0.144. The Kier molecular flexibility index (Phi) is 7.96. The maximum absolute atomic E-state index is 14.2. The number of halogens is 6. The van der Waals surface area contributed by atoms with Gasteiger partial charge in [-0.2, -0.15) is 8.78 Å². The predicted molar refractivity (Wildman–Crippen MR) is 120 cm³/mol. The van der Waals surface area contributed by atoms with Crippen LogP contribution >= 0.6 is 45.2 Å². The van der Waals surface area contributed by atoms with Gasteiger partial charge in [-0.1, -0.05) is 0 Å². The monoisotopic (exact) mass is 681 g/mol. The molecule has 0 saturated heterocycles. The molecule has 7 nitrogen and oxygen atoms in total. The number of anilines is 1. The third kappa shape index (κ3) is 5.79. The van der Waals surface area contributed by atoms with Crippen LogP contribution in [-0.2, 0) is 4.74 Å². The fourth-order valence-corrected chi connectivity index (χ4v) is 4.28. The molecule has 0 aliphatic rings. The molecule has 0 aliphatic carbocycles. The second kappa shape index (κ2) is 9.76. The first-order valence-electron chi connectivity index (χ1n) is 8.44. The number of carbonyl (C=O) groups excluding carboxylic acids is 2. The van der Waals surface area contributed by atoms with Gasteiger partial charge in [-0.25, -0.2) is 23.2 Å². The Labute approximate surface area is 205 Å². The summed E-state index contributed by atoms with van der Waals surface area (Å²) >= 11 is 3.58. The molecule has 0 fully saturated rings. The highest BCUT2D eigenvalue weighted by molar-refractivity contribution is 14.1. The fraction of sp³-hybridized carbons (Fsp3) is 0.211. The zero-order valence-electron chi connectivity index (χ0n) is 16.4. The molecule has 0 unspecified atom stereocenters. The van der Waals surface area contributed by atoms with Gasteiger partial charge in [0.1, 0.15) is 11.2 Å². The van der Waals surface area contributed by atoms with E-state index < -0.39 is 63.8 Å². The third-order valence-electron chi connectivity index (χ3n) is 3.53. The summed E-state index contributed by atoms with van der Waals surface area (Å²) in [6.45, 7) is 4.78. The van der Waals surface area contributed by atoms with Crippen LogP contribution in [0.15, 0.2) is 12.1 Å². The first kappa shape index (κ1) is 26.1. The van der Waals surface area contributed by atoms with E-state index in [9.17, 15) is 31.9 Å². The Balaban J connectivity index is 2.51. The zero-order valence-corrected chi connectivity index (χ0v) is 20.7. The summed E-state index contributed by atoms with van der Waals surface area (Å²) in [4.78, 5) is 35.6. The van der Waals surface area contributed by atoms with Crippen molar-refractivity contribution in [3.8, 4) is 5.75 Å². The van der Waals surface area contributed by atoms with Crippen molar-refractivity contribution in [3.05, 3.63) is 53.7 Å². The number of esters is 1. The lowest BCUT2D eigenvalue weighted by molar-refractivity contribution is 0.0633. The van der Waals surface area contributed by atoms with E-state index >= 15 is 0 Å². The SMILES string of the molecule is CC(C)(C)OC(=O)Nc1c(I)cc(I)cc1C(=O)Oc1c(F)c(F)c(C(=O)O)c(F)c1F. The van der Waals surface area contributed by atoms with Gasteiger partial charge >= 0.3 is 18.0 Å². The van der Waals surface area contributed by atoms with Crippen molar-refractivity contribution in [1.82, 2.24) is 0 Å². The Hall–Kier alpha value is -2.17. The molecule has 2 N–H and O–H groups in total. The van der Waals surface area contributed by atoms with E-state index in [1.807, 2.05) is 22.6 Å². The van der Waals surface area contributed by atoms with E-state index in [0.29, 0.717) is 7.14 Å². The smallest absolute Gasteiger partial charge is 0.412 e. The fourth-order valence-electron chi connectivity index (χ4n) is 2.30. The molecule has 13 heteroatoms. The summed E-state index contributed by atoms with van der Waals surface area (Å²) in [5, 5.41) is 11.1. The van der Waals surface area contributed by atoms with Crippen LogP contribution in [0.5, 0.6) is 5.75 Å². The summed E-state index contributed by atoms with van der Waals surface area (Å²) in [5.41, 5.74) is -3.31. The van der Waals surface area contributed by atoms with Crippen LogP contribution in [0.4, 0.5) is 28.0 Å². The quantitative estimate of drug-likeness (QED) is 0.141. The maximum atomic E-state index is 14.2. The van der Waals surface area contributed by atoms with Crippen molar-refractivity contribution in [2.24, 2.45) is 0 Å². The molecule has 0 aliphatic heterocycles. The van der Waals surface area contributed by atoms with E-state index in [1.54, 1.807) is 49.4 Å². The van der Waals surface area contributed by atoms with Gasteiger partial charge < -0.3 is 14.6 Å². The van der Waals surface area contributed by atoms with Crippen LogP contribution < -0.4 is 10.1 Å². The predicted octanol–water partition coefficient (Wildman–Crippen LogP) is 5.72. The first-order chi connectivity index (χ1) is 14.6. The van der Waals surface area contributed by atoms with E-state index in [1.165, 1.54) is 6.07 Å². The van der Waals surface area contributed by atoms with Crippen LogP contribution in [0.25, 0.3) is 0 Å². The summed E-state index contributed by atoms with van der Waals surface area (Å²) in [5.74, 6) is -14.4. The average Bonchev–Trinajstić information content (AvgIpc) is 2.63. The van der Waals surface area contributed by atoms with Crippen LogP contribution in [0.3, 0.4) is 0 Å². The number of carboxylic acid groups (broad SMARTS) is 1. The van der Waals surface area contributed by atoms with Crippen molar-refractivity contribution < 1.29 is 46.5 Å².